The Morgan fingerprint density at radius 2 is 1.95 bits per heavy atom. The molecule has 0 radical (unpaired) electrons. The molecule has 0 bridgehead atoms. The number of hydrogen-bond donors (Lipinski definition) is 1. The van der Waals surface area contributed by atoms with Crippen LogP contribution in [0.2, 0.25) is 0 Å². The molecule has 6 heteroatoms. The number of benzene rings is 1. The Labute approximate surface area is 130 Å². The van der Waals surface area contributed by atoms with Gasteiger partial charge in [-0.1, -0.05) is 38.5 Å². The topological polar surface area (TPSA) is 63.4 Å². The number of hydrogen-bond acceptors (Lipinski definition) is 4. The maximum atomic E-state index is 13.0. The van der Waals surface area contributed by atoms with E-state index in [4.69, 9.17) is 5.73 Å². The van der Waals surface area contributed by atoms with Crippen molar-refractivity contribution >= 4 is 31.4 Å². The van der Waals surface area contributed by atoms with Crippen molar-refractivity contribution < 1.29 is 8.42 Å². The molecule has 1 aromatic heterocycles. The van der Waals surface area contributed by atoms with Gasteiger partial charge in [-0.2, -0.15) is 4.31 Å². The fourth-order valence-electron chi connectivity index (χ4n) is 2.40. The zero-order valence-corrected chi connectivity index (χ0v) is 14.1. The van der Waals surface area contributed by atoms with E-state index in [1.165, 1.54) is 11.3 Å². The fraction of sp³-hybridized carbons (Fsp3) is 0.467. The van der Waals surface area contributed by atoms with E-state index >= 15 is 0 Å². The smallest absolute Gasteiger partial charge is 0.244 e. The lowest BCUT2D eigenvalue weighted by Gasteiger charge is -2.20. The van der Waals surface area contributed by atoms with Gasteiger partial charge < -0.3 is 5.73 Å². The Bertz CT molecular complexity index is 708. The first kappa shape index (κ1) is 16.4. The lowest BCUT2D eigenvalue weighted by molar-refractivity contribution is 0.419. The highest BCUT2D eigenvalue weighted by Crippen LogP contribution is 2.36. The molecule has 1 aromatic carbocycles. The standard InChI is InChI=1S/C15H22N2O2S2/c1-3-5-10-17(4-2)21(18,19)15-12-8-6-7-9-13(12)20-14(15)11-16/h6-9H,3-5,10-11,16H2,1-2H3. The average molecular weight is 326 g/mol. The van der Waals surface area contributed by atoms with Gasteiger partial charge in [0.1, 0.15) is 4.90 Å². The second-order valence-electron chi connectivity index (χ2n) is 4.90. The lowest BCUT2D eigenvalue weighted by atomic mass is 10.2. The van der Waals surface area contributed by atoms with E-state index in [-0.39, 0.29) is 6.54 Å². The molecule has 1 heterocycles. The highest BCUT2D eigenvalue weighted by molar-refractivity contribution is 7.89. The Morgan fingerprint density at radius 3 is 2.57 bits per heavy atom. The summed E-state index contributed by atoms with van der Waals surface area (Å²) < 4.78 is 28.5. The number of nitrogens with two attached hydrogens (primary N) is 1. The minimum absolute atomic E-state index is 0.249. The van der Waals surface area contributed by atoms with E-state index in [0.717, 1.165) is 27.8 Å². The van der Waals surface area contributed by atoms with Crippen LogP contribution in [0, 0.1) is 0 Å². The SMILES string of the molecule is CCCCN(CC)S(=O)(=O)c1c(CN)sc2ccccc12. The van der Waals surface area contributed by atoms with Crippen molar-refractivity contribution in [2.75, 3.05) is 13.1 Å². The third-order valence-electron chi connectivity index (χ3n) is 3.52. The third-order valence-corrected chi connectivity index (χ3v) is 6.94. The van der Waals surface area contributed by atoms with Crippen LogP contribution in [0.1, 0.15) is 31.6 Å². The van der Waals surface area contributed by atoms with Crippen LogP contribution in [-0.2, 0) is 16.6 Å². The molecule has 0 unspecified atom stereocenters. The van der Waals surface area contributed by atoms with Crippen LogP contribution in [0.3, 0.4) is 0 Å². The van der Waals surface area contributed by atoms with Gasteiger partial charge in [0.05, 0.1) is 0 Å². The Kier molecular flexibility index (Phi) is 5.37. The zero-order valence-electron chi connectivity index (χ0n) is 12.5. The third kappa shape index (κ3) is 3.13. The number of nitrogens with zero attached hydrogens (tertiary/aromatic N) is 1. The van der Waals surface area contributed by atoms with Crippen molar-refractivity contribution in [3.8, 4) is 0 Å². The van der Waals surface area contributed by atoms with Crippen molar-refractivity contribution in [1.82, 2.24) is 4.31 Å². The van der Waals surface area contributed by atoms with Gasteiger partial charge in [-0.25, -0.2) is 8.42 Å². The first-order chi connectivity index (χ1) is 10.1. The van der Waals surface area contributed by atoms with Gasteiger partial charge in [0.2, 0.25) is 10.0 Å². The molecule has 21 heavy (non-hydrogen) atoms. The van der Waals surface area contributed by atoms with E-state index in [9.17, 15) is 8.42 Å². The molecule has 4 nitrogen and oxygen atoms in total. The summed E-state index contributed by atoms with van der Waals surface area (Å²) in [7, 11) is -3.49. The molecule has 2 rings (SSSR count). The summed E-state index contributed by atoms with van der Waals surface area (Å²) in [4.78, 5) is 1.15. The van der Waals surface area contributed by atoms with E-state index in [2.05, 4.69) is 6.92 Å². The van der Waals surface area contributed by atoms with E-state index in [1.807, 2.05) is 31.2 Å². The second kappa shape index (κ2) is 6.87. The van der Waals surface area contributed by atoms with Crippen molar-refractivity contribution in [3.63, 3.8) is 0 Å². The van der Waals surface area contributed by atoms with E-state index < -0.39 is 10.0 Å². The van der Waals surface area contributed by atoms with Gasteiger partial charge in [0.25, 0.3) is 0 Å². The number of fused-ring (bicyclic) bond motifs is 1. The normalized spacial score (nSPS) is 12.4. The van der Waals surface area contributed by atoms with Crippen LogP contribution in [0.4, 0.5) is 0 Å². The van der Waals surface area contributed by atoms with Crippen LogP contribution in [0.25, 0.3) is 10.1 Å². The molecule has 116 valence electrons. The van der Waals surface area contributed by atoms with E-state index in [0.29, 0.717) is 18.0 Å². The van der Waals surface area contributed by atoms with Crippen LogP contribution in [0.15, 0.2) is 29.2 Å². The predicted octanol–water partition coefficient (Wildman–Crippen LogP) is 3.17. The average Bonchev–Trinajstić information content (AvgIpc) is 2.87. The summed E-state index contributed by atoms with van der Waals surface area (Å²) in [5.41, 5.74) is 5.78. The lowest BCUT2D eigenvalue weighted by Crippen LogP contribution is -2.32. The molecule has 2 N–H and O–H groups in total. The van der Waals surface area contributed by atoms with Crippen LogP contribution >= 0.6 is 11.3 Å². The summed E-state index contributed by atoms with van der Waals surface area (Å²) in [6.45, 7) is 5.23. The molecule has 0 aliphatic heterocycles. The first-order valence-corrected chi connectivity index (χ1v) is 9.52. The van der Waals surface area contributed by atoms with Crippen LogP contribution < -0.4 is 5.73 Å². The van der Waals surface area contributed by atoms with Gasteiger partial charge in [-0.05, 0) is 12.5 Å². The maximum Gasteiger partial charge on any atom is 0.244 e. The van der Waals surface area contributed by atoms with Gasteiger partial charge in [-0.3, -0.25) is 0 Å². The van der Waals surface area contributed by atoms with Gasteiger partial charge in [-0.15, -0.1) is 11.3 Å². The summed E-state index contributed by atoms with van der Waals surface area (Å²) >= 11 is 1.47. The molecule has 0 aliphatic carbocycles. The molecular weight excluding hydrogens is 304 g/mol. The van der Waals surface area contributed by atoms with Crippen molar-refractivity contribution in [2.24, 2.45) is 5.73 Å². The van der Waals surface area contributed by atoms with Gasteiger partial charge in [0.15, 0.2) is 0 Å². The van der Waals surface area contributed by atoms with Gasteiger partial charge in [0, 0.05) is 34.6 Å². The van der Waals surface area contributed by atoms with Crippen LogP contribution in [0.5, 0.6) is 0 Å². The molecule has 0 spiro atoms. The molecule has 0 aliphatic rings. The minimum atomic E-state index is -3.49. The van der Waals surface area contributed by atoms with E-state index in [1.54, 1.807) is 4.31 Å². The monoisotopic (exact) mass is 326 g/mol. The molecule has 0 fully saturated rings. The van der Waals surface area contributed by atoms with Crippen molar-refractivity contribution in [2.45, 2.75) is 38.1 Å². The van der Waals surface area contributed by atoms with Crippen LogP contribution in [-0.4, -0.2) is 25.8 Å². The van der Waals surface area contributed by atoms with Gasteiger partial charge >= 0.3 is 0 Å². The molecular formula is C15H22N2O2S2. The number of unbranched alkanes of at least 4 members (excludes halogenated alkanes) is 1. The van der Waals surface area contributed by atoms with Crippen molar-refractivity contribution in [3.05, 3.63) is 29.1 Å². The summed E-state index contributed by atoms with van der Waals surface area (Å²) in [5.74, 6) is 0. The largest absolute Gasteiger partial charge is 0.326 e. The highest BCUT2D eigenvalue weighted by Gasteiger charge is 2.28. The predicted molar refractivity (Wildman–Crippen MR) is 89.1 cm³/mol. The summed E-state index contributed by atoms with van der Waals surface area (Å²) in [5, 5.41) is 0.790. The molecule has 0 amide bonds. The second-order valence-corrected chi connectivity index (χ2v) is 7.92. The first-order valence-electron chi connectivity index (χ1n) is 7.26. The Balaban J connectivity index is 2.57. The number of thiophene rings is 1. The van der Waals surface area contributed by atoms with Crippen molar-refractivity contribution in [1.29, 1.82) is 0 Å². The fourth-order valence-corrected chi connectivity index (χ4v) is 5.68. The molecule has 0 atom stereocenters. The molecule has 2 aromatic rings. The maximum absolute atomic E-state index is 13.0. The quantitative estimate of drug-likeness (QED) is 0.850. The zero-order chi connectivity index (χ0) is 15.5. The molecule has 0 saturated carbocycles. The summed E-state index contributed by atoms with van der Waals surface area (Å²) in [6, 6.07) is 7.60. The number of rotatable bonds is 7. The number of sulfonamides is 1. The Hall–Kier alpha value is -0.950. The Morgan fingerprint density at radius 1 is 1.24 bits per heavy atom. The summed E-state index contributed by atoms with van der Waals surface area (Å²) in [6.07, 6.45) is 1.84. The highest BCUT2D eigenvalue weighted by atomic mass is 32.2. The molecule has 0 saturated heterocycles. The minimum Gasteiger partial charge on any atom is -0.326 e.